The van der Waals surface area contributed by atoms with Crippen LogP contribution in [0.4, 0.5) is 0 Å². The molecule has 1 fully saturated rings. The second-order valence-corrected chi connectivity index (χ2v) is 6.60. The Balaban J connectivity index is 1.33. The van der Waals surface area contributed by atoms with Gasteiger partial charge in [-0.25, -0.2) is 4.98 Å². The molecule has 8 heteroatoms. The Morgan fingerprint density at radius 2 is 2.12 bits per heavy atom. The highest BCUT2D eigenvalue weighted by atomic mass is 16.5. The van der Waals surface area contributed by atoms with E-state index in [9.17, 15) is 0 Å². The molecule has 1 aliphatic rings. The highest BCUT2D eigenvalue weighted by Gasteiger charge is 2.20. The molecule has 1 N–H and O–H groups in total. The van der Waals surface area contributed by atoms with Crippen molar-refractivity contribution in [3.63, 3.8) is 0 Å². The van der Waals surface area contributed by atoms with Crippen molar-refractivity contribution in [2.24, 2.45) is 4.99 Å². The first kappa shape index (κ1) is 18.4. The predicted octanol–water partition coefficient (Wildman–Crippen LogP) is 1.35. The minimum absolute atomic E-state index is 0.851. The molecule has 1 aliphatic heterocycles. The lowest BCUT2D eigenvalue weighted by molar-refractivity contribution is 0.169. The average Bonchev–Trinajstić information content (AvgIpc) is 3.31. The van der Waals surface area contributed by atoms with Crippen LogP contribution in [0.3, 0.4) is 0 Å². The molecule has 26 heavy (non-hydrogen) atoms. The summed E-state index contributed by atoms with van der Waals surface area (Å²) in [6.07, 6.45) is 7.78. The number of piperazine rings is 1. The minimum atomic E-state index is 0.851. The van der Waals surface area contributed by atoms with Gasteiger partial charge in [-0.1, -0.05) is 5.16 Å². The summed E-state index contributed by atoms with van der Waals surface area (Å²) in [5.74, 6) is 2.09. The van der Waals surface area contributed by atoms with Crippen molar-refractivity contribution in [2.45, 2.75) is 32.9 Å². The van der Waals surface area contributed by atoms with Crippen LogP contribution in [-0.4, -0.2) is 70.2 Å². The third-order valence-corrected chi connectivity index (χ3v) is 4.79. The second-order valence-electron chi connectivity index (χ2n) is 6.60. The zero-order valence-corrected chi connectivity index (χ0v) is 15.8. The smallest absolute Gasteiger partial charge is 0.193 e. The van der Waals surface area contributed by atoms with Gasteiger partial charge in [0.15, 0.2) is 5.96 Å². The SMILES string of the molecule is CN=C(NCCCCn1ccnc1C)N1CCN(Cc2ccon2)CC1. The van der Waals surface area contributed by atoms with Gasteiger partial charge in [0.05, 0.1) is 5.69 Å². The highest BCUT2D eigenvalue weighted by Crippen LogP contribution is 2.07. The number of aryl methyl sites for hydroxylation is 2. The third kappa shape index (κ3) is 5.08. The van der Waals surface area contributed by atoms with Crippen LogP contribution in [-0.2, 0) is 13.1 Å². The molecular weight excluding hydrogens is 330 g/mol. The summed E-state index contributed by atoms with van der Waals surface area (Å²) in [4.78, 5) is 13.4. The molecule has 142 valence electrons. The van der Waals surface area contributed by atoms with E-state index in [4.69, 9.17) is 4.52 Å². The number of hydrogen-bond donors (Lipinski definition) is 1. The lowest BCUT2D eigenvalue weighted by atomic mass is 10.3. The van der Waals surface area contributed by atoms with Crippen LogP contribution < -0.4 is 5.32 Å². The van der Waals surface area contributed by atoms with Gasteiger partial charge >= 0.3 is 0 Å². The zero-order valence-electron chi connectivity index (χ0n) is 15.8. The molecule has 0 aliphatic carbocycles. The van der Waals surface area contributed by atoms with Crippen LogP contribution in [0.2, 0.25) is 0 Å². The van der Waals surface area contributed by atoms with Gasteiger partial charge in [0.1, 0.15) is 12.1 Å². The molecule has 0 radical (unpaired) electrons. The molecule has 0 spiro atoms. The van der Waals surface area contributed by atoms with Crippen LogP contribution in [0, 0.1) is 6.92 Å². The normalized spacial score (nSPS) is 16.2. The van der Waals surface area contributed by atoms with Crippen molar-refractivity contribution < 1.29 is 4.52 Å². The molecule has 3 heterocycles. The van der Waals surface area contributed by atoms with E-state index < -0.39 is 0 Å². The number of guanidine groups is 1. The first-order chi connectivity index (χ1) is 12.8. The van der Waals surface area contributed by atoms with Crippen molar-refractivity contribution in [3.05, 3.63) is 36.2 Å². The number of aliphatic imine (C=N–C) groups is 1. The average molecular weight is 359 g/mol. The van der Waals surface area contributed by atoms with Gasteiger partial charge in [-0.05, 0) is 19.8 Å². The molecule has 0 bridgehead atoms. The van der Waals surface area contributed by atoms with E-state index in [2.05, 4.69) is 34.8 Å². The lowest BCUT2D eigenvalue weighted by Gasteiger charge is -2.36. The molecule has 0 atom stereocenters. The van der Waals surface area contributed by atoms with Crippen LogP contribution in [0.25, 0.3) is 0 Å². The molecule has 2 aromatic heterocycles. The van der Waals surface area contributed by atoms with Crippen molar-refractivity contribution >= 4 is 5.96 Å². The topological polar surface area (TPSA) is 74.7 Å². The Labute approximate surface area is 154 Å². The number of nitrogens with zero attached hydrogens (tertiary/aromatic N) is 6. The Bertz CT molecular complexity index is 672. The van der Waals surface area contributed by atoms with Gasteiger partial charge in [0, 0.05) is 71.3 Å². The van der Waals surface area contributed by atoms with Gasteiger partial charge in [-0.2, -0.15) is 0 Å². The Kier molecular flexibility index (Phi) is 6.65. The van der Waals surface area contributed by atoms with Gasteiger partial charge in [-0.3, -0.25) is 9.89 Å². The van der Waals surface area contributed by atoms with Crippen LogP contribution >= 0.6 is 0 Å². The largest absolute Gasteiger partial charge is 0.364 e. The Morgan fingerprint density at radius 1 is 1.27 bits per heavy atom. The molecule has 0 aromatic carbocycles. The summed E-state index contributed by atoms with van der Waals surface area (Å²) < 4.78 is 7.10. The fourth-order valence-corrected chi connectivity index (χ4v) is 3.25. The maximum Gasteiger partial charge on any atom is 0.193 e. The summed E-state index contributed by atoms with van der Waals surface area (Å²) in [5.41, 5.74) is 0.995. The fourth-order valence-electron chi connectivity index (χ4n) is 3.25. The van der Waals surface area contributed by atoms with E-state index in [0.717, 1.165) is 76.1 Å². The minimum Gasteiger partial charge on any atom is -0.364 e. The van der Waals surface area contributed by atoms with Crippen molar-refractivity contribution in [2.75, 3.05) is 39.8 Å². The van der Waals surface area contributed by atoms with E-state index in [1.54, 1.807) is 6.26 Å². The number of unbranched alkanes of at least 4 members (excludes halogenated alkanes) is 1. The van der Waals surface area contributed by atoms with E-state index in [-0.39, 0.29) is 0 Å². The highest BCUT2D eigenvalue weighted by molar-refractivity contribution is 5.79. The lowest BCUT2D eigenvalue weighted by Crippen LogP contribution is -2.52. The summed E-state index contributed by atoms with van der Waals surface area (Å²) in [6.45, 7) is 8.83. The van der Waals surface area contributed by atoms with Crippen LogP contribution in [0.5, 0.6) is 0 Å². The third-order valence-electron chi connectivity index (χ3n) is 4.79. The van der Waals surface area contributed by atoms with E-state index in [1.807, 2.05) is 32.4 Å². The van der Waals surface area contributed by atoms with Crippen molar-refractivity contribution in [1.29, 1.82) is 0 Å². The molecular formula is C18H29N7O. The van der Waals surface area contributed by atoms with Gasteiger partial charge in [0.25, 0.3) is 0 Å². The van der Waals surface area contributed by atoms with Crippen LogP contribution in [0.15, 0.2) is 34.2 Å². The first-order valence-corrected chi connectivity index (χ1v) is 9.31. The van der Waals surface area contributed by atoms with Crippen LogP contribution in [0.1, 0.15) is 24.4 Å². The van der Waals surface area contributed by atoms with Gasteiger partial charge in [-0.15, -0.1) is 0 Å². The van der Waals surface area contributed by atoms with Crippen molar-refractivity contribution in [1.82, 2.24) is 29.8 Å². The monoisotopic (exact) mass is 359 g/mol. The summed E-state index contributed by atoms with van der Waals surface area (Å²) in [5, 5.41) is 7.49. The molecule has 2 aromatic rings. The quantitative estimate of drug-likeness (QED) is 0.457. The molecule has 0 unspecified atom stereocenters. The van der Waals surface area contributed by atoms with E-state index in [1.165, 1.54) is 0 Å². The van der Waals surface area contributed by atoms with E-state index >= 15 is 0 Å². The van der Waals surface area contributed by atoms with Gasteiger partial charge in [0.2, 0.25) is 0 Å². The second kappa shape index (κ2) is 9.38. The number of imidazole rings is 1. The first-order valence-electron chi connectivity index (χ1n) is 9.31. The summed E-state index contributed by atoms with van der Waals surface area (Å²) in [7, 11) is 1.86. The number of nitrogens with one attached hydrogen (secondary N) is 1. The maximum atomic E-state index is 4.91. The Hall–Kier alpha value is -2.35. The van der Waals surface area contributed by atoms with E-state index in [0.29, 0.717) is 0 Å². The Morgan fingerprint density at radius 3 is 2.77 bits per heavy atom. The standard InChI is InChI=1S/C18H29N7O/c1-16-20-7-9-24(16)8-4-3-6-21-18(19-2)25-12-10-23(11-13-25)15-17-5-14-26-22-17/h5,7,9,14H,3-4,6,8,10-13,15H2,1-2H3,(H,19,21). The number of rotatable bonds is 7. The zero-order chi connectivity index (χ0) is 18.2. The fraction of sp³-hybridized carbons (Fsp3) is 0.611. The molecule has 0 saturated carbocycles. The maximum absolute atomic E-state index is 4.91. The predicted molar refractivity (Wildman–Crippen MR) is 101 cm³/mol. The van der Waals surface area contributed by atoms with Gasteiger partial charge < -0.3 is 19.3 Å². The number of aromatic nitrogens is 3. The number of hydrogen-bond acceptors (Lipinski definition) is 5. The summed E-state index contributed by atoms with van der Waals surface area (Å²) in [6, 6.07) is 1.93. The molecule has 0 amide bonds. The molecule has 3 rings (SSSR count). The molecule has 8 nitrogen and oxygen atoms in total. The summed E-state index contributed by atoms with van der Waals surface area (Å²) >= 11 is 0. The van der Waals surface area contributed by atoms with Crippen molar-refractivity contribution in [3.8, 4) is 0 Å². The molecule has 1 saturated heterocycles.